The summed E-state index contributed by atoms with van der Waals surface area (Å²) in [6.45, 7) is 2.51. The predicted octanol–water partition coefficient (Wildman–Crippen LogP) is 5.03. The van der Waals surface area contributed by atoms with Crippen LogP contribution < -0.4 is 11.1 Å². The van der Waals surface area contributed by atoms with Crippen LogP contribution in [0.5, 0.6) is 5.75 Å². The van der Waals surface area contributed by atoms with Crippen LogP contribution in [0.4, 0.5) is 11.5 Å². The van der Waals surface area contributed by atoms with Crippen LogP contribution in [0, 0.1) is 6.92 Å². The predicted molar refractivity (Wildman–Crippen MR) is 117 cm³/mol. The highest BCUT2D eigenvalue weighted by molar-refractivity contribution is 5.77. The Morgan fingerprint density at radius 1 is 0.828 bits per heavy atom. The number of nitrogens with zero attached hydrogens (tertiary/aromatic N) is 2. The molecule has 4 N–H and O–H groups in total. The van der Waals surface area contributed by atoms with Crippen molar-refractivity contribution in [2.75, 3.05) is 5.32 Å². The van der Waals surface area contributed by atoms with Gasteiger partial charge in [-0.15, -0.1) is 0 Å². The molecule has 0 saturated carbocycles. The molecule has 0 fully saturated rings. The number of rotatable bonds is 5. The molecular weight excluding hydrogens is 360 g/mol. The van der Waals surface area contributed by atoms with Gasteiger partial charge in [-0.1, -0.05) is 72.3 Å². The lowest BCUT2D eigenvalue weighted by Crippen LogP contribution is -2.01. The molecule has 0 bridgehead atoms. The number of hydrogen-bond donors (Lipinski definition) is 3. The van der Waals surface area contributed by atoms with Crippen molar-refractivity contribution in [1.29, 1.82) is 0 Å². The third-order valence-corrected chi connectivity index (χ3v) is 4.69. The Morgan fingerprint density at radius 2 is 1.52 bits per heavy atom. The molecule has 1 heterocycles. The molecule has 0 unspecified atom stereocenters. The number of aromatic hydroxyl groups is 1. The summed E-state index contributed by atoms with van der Waals surface area (Å²) < 4.78 is 0. The summed E-state index contributed by atoms with van der Waals surface area (Å²) in [5.74, 6) is 0.909. The van der Waals surface area contributed by atoms with E-state index in [9.17, 15) is 5.11 Å². The fourth-order valence-corrected chi connectivity index (χ4v) is 3.03. The van der Waals surface area contributed by atoms with Crippen LogP contribution in [-0.4, -0.2) is 15.1 Å². The number of aryl methyl sites for hydroxylation is 1. The third kappa shape index (κ3) is 4.10. The van der Waals surface area contributed by atoms with E-state index in [2.05, 4.69) is 15.3 Å². The monoisotopic (exact) mass is 382 g/mol. The summed E-state index contributed by atoms with van der Waals surface area (Å²) in [6, 6.07) is 25.3. The molecule has 5 heteroatoms. The van der Waals surface area contributed by atoms with Crippen molar-refractivity contribution in [3.8, 4) is 28.4 Å². The van der Waals surface area contributed by atoms with Crippen LogP contribution >= 0.6 is 0 Å². The number of nitrogens with two attached hydrogens (primary N) is 1. The standard InChI is InChI=1S/C24H22N4O/c1-16-7-11-18(12-8-16)21-22(29)24(26-20-13-9-17(15-25)10-14-20)28-23(27-21)19-5-3-2-4-6-19/h2-14,29H,15,25H2,1H3,(H,26,27,28). The topological polar surface area (TPSA) is 84.1 Å². The zero-order valence-electron chi connectivity index (χ0n) is 16.1. The Labute approximate surface area is 169 Å². The highest BCUT2D eigenvalue weighted by Crippen LogP contribution is 2.36. The van der Waals surface area contributed by atoms with E-state index in [4.69, 9.17) is 5.73 Å². The van der Waals surface area contributed by atoms with Crippen molar-refractivity contribution in [2.45, 2.75) is 13.5 Å². The molecule has 144 valence electrons. The molecule has 1 aromatic heterocycles. The molecular formula is C24H22N4O. The van der Waals surface area contributed by atoms with Crippen LogP contribution in [0.3, 0.4) is 0 Å². The largest absolute Gasteiger partial charge is 0.503 e. The average molecular weight is 382 g/mol. The molecule has 5 nitrogen and oxygen atoms in total. The Balaban J connectivity index is 1.82. The SMILES string of the molecule is Cc1ccc(-c2nc(-c3ccccc3)nc(Nc3ccc(CN)cc3)c2O)cc1. The van der Waals surface area contributed by atoms with E-state index in [0.29, 0.717) is 23.9 Å². The first-order valence-corrected chi connectivity index (χ1v) is 9.43. The van der Waals surface area contributed by atoms with Crippen LogP contribution in [0.15, 0.2) is 78.9 Å². The minimum Gasteiger partial charge on any atom is -0.503 e. The average Bonchev–Trinajstić information content (AvgIpc) is 2.77. The van der Waals surface area contributed by atoms with Crippen molar-refractivity contribution >= 4 is 11.5 Å². The summed E-state index contributed by atoms with van der Waals surface area (Å²) >= 11 is 0. The molecule has 0 aliphatic rings. The maximum atomic E-state index is 10.9. The quantitative estimate of drug-likeness (QED) is 0.451. The molecule has 0 radical (unpaired) electrons. The second-order valence-corrected chi connectivity index (χ2v) is 6.85. The zero-order chi connectivity index (χ0) is 20.2. The maximum Gasteiger partial charge on any atom is 0.185 e. The molecule has 29 heavy (non-hydrogen) atoms. The van der Waals surface area contributed by atoms with Crippen molar-refractivity contribution in [3.63, 3.8) is 0 Å². The van der Waals surface area contributed by atoms with Crippen LogP contribution in [0.1, 0.15) is 11.1 Å². The van der Waals surface area contributed by atoms with E-state index >= 15 is 0 Å². The number of aromatic nitrogens is 2. The lowest BCUT2D eigenvalue weighted by atomic mass is 10.1. The van der Waals surface area contributed by atoms with E-state index in [1.54, 1.807) is 0 Å². The van der Waals surface area contributed by atoms with E-state index in [1.807, 2.05) is 85.8 Å². The number of nitrogens with one attached hydrogen (secondary N) is 1. The first-order chi connectivity index (χ1) is 14.1. The molecule has 0 spiro atoms. The van der Waals surface area contributed by atoms with E-state index in [-0.39, 0.29) is 5.75 Å². The lowest BCUT2D eigenvalue weighted by Gasteiger charge is -2.14. The minimum absolute atomic E-state index is 0.0106. The molecule has 0 saturated heterocycles. The van der Waals surface area contributed by atoms with Crippen molar-refractivity contribution < 1.29 is 5.11 Å². The van der Waals surface area contributed by atoms with Gasteiger partial charge in [-0.3, -0.25) is 0 Å². The molecule has 3 aromatic carbocycles. The van der Waals surface area contributed by atoms with Gasteiger partial charge in [-0.25, -0.2) is 9.97 Å². The van der Waals surface area contributed by atoms with Gasteiger partial charge in [0.1, 0.15) is 5.69 Å². The summed E-state index contributed by atoms with van der Waals surface area (Å²) in [5, 5.41) is 14.2. The van der Waals surface area contributed by atoms with Gasteiger partial charge in [-0.05, 0) is 24.6 Å². The van der Waals surface area contributed by atoms with Gasteiger partial charge in [0.2, 0.25) is 0 Å². The van der Waals surface area contributed by atoms with Crippen molar-refractivity contribution in [1.82, 2.24) is 9.97 Å². The molecule has 4 aromatic rings. The number of hydrogen-bond acceptors (Lipinski definition) is 5. The van der Waals surface area contributed by atoms with E-state index in [0.717, 1.165) is 27.9 Å². The second-order valence-electron chi connectivity index (χ2n) is 6.85. The number of benzene rings is 3. The van der Waals surface area contributed by atoms with Gasteiger partial charge in [0, 0.05) is 23.4 Å². The number of anilines is 2. The lowest BCUT2D eigenvalue weighted by molar-refractivity contribution is 0.475. The van der Waals surface area contributed by atoms with Gasteiger partial charge >= 0.3 is 0 Å². The van der Waals surface area contributed by atoms with Crippen molar-refractivity contribution in [3.05, 3.63) is 90.0 Å². The first-order valence-electron chi connectivity index (χ1n) is 9.43. The van der Waals surface area contributed by atoms with E-state index in [1.165, 1.54) is 0 Å². The van der Waals surface area contributed by atoms with E-state index < -0.39 is 0 Å². The van der Waals surface area contributed by atoms with Gasteiger partial charge in [0.15, 0.2) is 17.4 Å². The van der Waals surface area contributed by atoms with Gasteiger partial charge < -0.3 is 16.2 Å². The van der Waals surface area contributed by atoms with Gasteiger partial charge in [0.25, 0.3) is 0 Å². The third-order valence-electron chi connectivity index (χ3n) is 4.69. The molecule has 0 amide bonds. The Bertz CT molecular complexity index is 1110. The van der Waals surface area contributed by atoms with Crippen molar-refractivity contribution in [2.24, 2.45) is 5.73 Å². The Hall–Kier alpha value is -3.70. The highest BCUT2D eigenvalue weighted by Gasteiger charge is 2.16. The van der Waals surface area contributed by atoms with Gasteiger partial charge in [-0.2, -0.15) is 0 Å². The van der Waals surface area contributed by atoms with Crippen LogP contribution in [-0.2, 0) is 6.54 Å². The summed E-state index contributed by atoms with van der Waals surface area (Å²) in [7, 11) is 0. The fraction of sp³-hybridized carbons (Fsp3) is 0.0833. The van der Waals surface area contributed by atoms with Crippen LogP contribution in [0.25, 0.3) is 22.6 Å². The second kappa shape index (κ2) is 8.12. The minimum atomic E-state index is 0.0106. The smallest absolute Gasteiger partial charge is 0.185 e. The Kier molecular flexibility index (Phi) is 5.22. The summed E-state index contributed by atoms with van der Waals surface area (Å²) in [4.78, 5) is 9.24. The van der Waals surface area contributed by atoms with Gasteiger partial charge in [0.05, 0.1) is 0 Å². The Morgan fingerprint density at radius 3 is 2.17 bits per heavy atom. The summed E-state index contributed by atoms with van der Waals surface area (Å²) in [5.41, 5.74) is 10.9. The maximum absolute atomic E-state index is 10.9. The molecule has 0 aliphatic carbocycles. The highest BCUT2D eigenvalue weighted by atomic mass is 16.3. The molecule has 0 atom stereocenters. The zero-order valence-corrected chi connectivity index (χ0v) is 16.1. The first kappa shape index (κ1) is 18.7. The fourth-order valence-electron chi connectivity index (χ4n) is 3.03. The molecule has 0 aliphatic heterocycles. The van der Waals surface area contributed by atoms with Crippen LogP contribution in [0.2, 0.25) is 0 Å². The normalized spacial score (nSPS) is 10.7. The molecule has 4 rings (SSSR count). The summed E-state index contributed by atoms with van der Waals surface area (Å²) in [6.07, 6.45) is 0.